The predicted octanol–water partition coefficient (Wildman–Crippen LogP) is 0.898. The van der Waals surface area contributed by atoms with Crippen LogP contribution in [0.4, 0.5) is 0 Å². The molecule has 2 rings (SSSR count). The normalized spacial score (nSPS) is 18.1. The Balaban J connectivity index is 2.20. The van der Waals surface area contributed by atoms with Gasteiger partial charge in [0.05, 0.1) is 7.11 Å². The monoisotopic (exact) mass is 363 g/mol. The number of hydrazine groups is 1. The fraction of sp³-hybridized carbons (Fsp3) is 0.500. The van der Waals surface area contributed by atoms with E-state index in [1.165, 1.54) is 13.2 Å². The lowest BCUT2D eigenvalue weighted by Crippen LogP contribution is -2.52. The Labute approximate surface area is 127 Å². The maximum atomic E-state index is 12.4. The lowest BCUT2D eigenvalue weighted by atomic mass is 10.3. The summed E-state index contributed by atoms with van der Waals surface area (Å²) in [5.74, 6) is 0.329. The van der Waals surface area contributed by atoms with E-state index < -0.39 is 10.0 Å². The van der Waals surface area contributed by atoms with E-state index in [-0.39, 0.29) is 4.90 Å². The number of ether oxygens (including phenoxy) is 1. The number of sulfonamides is 1. The molecule has 0 amide bonds. The molecule has 0 radical (unpaired) electrons. The van der Waals surface area contributed by atoms with E-state index in [1.54, 1.807) is 17.1 Å². The van der Waals surface area contributed by atoms with Crippen molar-refractivity contribution in [2.75, 3.05) is 40.3 Å². The minimum Gasteiger partial charge on any atom is -0.495 e. The van der Waals surface area contributed by atoms with E-state index in [2.05, 4.69) is 25.7 Å². The first-order chi connectivity index (χ1) is 9.42. The second kappa shape index (κ2) is 6.40. The largest absolute Gasteiger partial charge is 0.495 e. The third-order valence-electron chi connectivity index (χ3n) is 3.17. The number of likely N-dealkylation sites (N-methyl/N-ethyl adjacent to an activating group) is 1. The zero-order valence-corrected chi connectivity index (χ0v) is 13.9. The topological polar surface area (TPSA) is 61.9 Å². The van der Waals surface area contributed by atoms with Crippen LogP contribution in [0.15, 0.2) is 27.6 Å². The number of hydrogen-bond donors (Lipinski definition) is 1. The molecule has 0 aliphatic carbocycles. The lowest BCUT2D eigenvalue weighted by Gasteiger charge is -2.32. The number of benzene rings is 1. The quantitative estimate of drug-likeness (QED) is 0.860. The fourth-order valence-electron chi connectivity index (χ4n) is 1.98. The van der Waals surface area contributed by atoms with Gasteiger partial charge < -0.3 is 9.64 Å². The van der Waals surface area contributed by atoms with Crippen molar-refractivity contribution in [2.24, 2.45) is 0 Å². The van der Waals surface area contributed by atoms with Gasteiger partial charge in [-0.3, -0.25) is 0 Å². The van der Waals surface area contributed by atoms with Gasteiger partial charge in [-0.2, -0.15) is 0 Å². The molecule has 8 heteroatoms. The molecule has 0 aromatic heterocycles. The number of hydrogen-bond acceptors (Lipinski definition) is 5. The highest BCUT2D eigenvalue weighted by atomic mass is 79.9. The zero-order chi connectivity index (χ0) is 14.8. The molecule has 1 heterocycles. The van der Waals surface area contributed by atoms with Crippen molar-refractivity contribution in [2.45, 2.75) is 4.90 Å². The first kappa shape index (κ1) is 15.7. The number of halogens is 1. The Morgan fingerprint density at radius 1 is 1.25 bits per heavy atom. The minimum atomic E-state index is -3.64. The third-order valence-corrected chi connectivity index (χ3v) is 5.06. The Bertz CT molecular complexity index is 571. The van der Waals surface area contributed by atoms with Gasteiger partial charge in [-0.1, -0.05) is 15.9 Å². The summed E-state index contributed by atoms with van der Waals surface area (Å²) in [6.45, 7) is 2.98. The zero-order valence-electron chi connectivity index (χ0n) is 11.5. The molecular weight excluding hydrogens is 346 g/mol. The number of rotatable bonds is 4. The van der Waals surface area contributed by atoms with E-state index >= 15 is 0 Å². The molecule has 0 spiro atoms. The highest BCUT2D eigenvalue weighted by molar-refractivity contribution is 9.10. The summed E-state index contributed by atoms with van der Waals surface area (Å²) in [6.07, 6.45) is 0. The van der Waals surface area contributed by atoms with Crippen molar-refractivity contribution in [3.8, 4) is 5.75 Å². The van der Waals surface area contributed by atoms with E-state index in [4.69, 9.17) is 4.74 Å². The summed E-state index contributed by atoms with van der Waals surface area (Å²) < 4.78 is 30.7. The van der Waals surface area contributed by atoms with Gasteiger partial charge in [-0.15, -0.1) is 4.83 Å². The van der Waals surface area contributed by atoms with Crippen molar-refractivity contribution in [1.29, 1.82) is 0 Å². The van der Waals surface area contributed by atoms with Gasteiger partial charge in [0.15, 0.2) is 0 Å². The summed E-state index contributed by atoms with van der Waals surface area (Å²) in [7, 11) is -0.167. The molecule has 0 bridgehead atoms. The van der Waals surface area contributed by atoms with Crippen LogP contribution in [0.25, 0.3) is 0 Å². The summed E-state index contributed by atoms with van der Waals surface area (Å²) in [5, 5.41) is 1.72. The van der Waals surface area contributed by atoms with Crippen molar-refractivity contribution >= 4 is 26.0 Å². The van der Waals surface area contributed by atoms with Crippen LogP contribution in [-0.2, 0) is 10.0 Å². The van der Waals surface area contributed by atoms with Gasteiger partial charge in [0, 0.05) is 30.7 Å². The smallest absolute Gasteiger partial charge is 0.257 e. The van der Waals surface area contributed by atoms with Gasteiger partial charge in [0.1, 0.15) is 10.6 Å². The standard InChI is InChI=1S/C12H18BrN3O3S/c1-15-5-7-16(8-6-15)14-20(17,18)12-9-10(13)3-4-11(12)19-2/h3-4,9,14H,5-8H2,1-2H3. The van der Waals surface area contributed by atoms with Gasteiger partial charge in [-0.25, -0.2) is 13.4 Å². The molecule has 1 aromatic carbocycles. The highest BCUT2D eigenvalue weighted by Gasteiger charge is 2.24. The summed E-state index contributed by atoms with van der Waals surface area (Å²) in [5.41, 5.74) is 0. The number of nitrogens with zero attached hydrogens (tertiary/aromatic N) is 2. The molecule has 6 nitrogen and oxygen atoms in total. The Kier molecular flexibility index (Phi) is 5.03. The summed E-state index contributed by atoms with van der Waals surface area (Å²) >= 11 is 3.28. The second-order valence-corrected chi connectivity index (χ2v) is 7.23. The summed E-state index contributed by atoms with van der Waals surface area (Å²) in [4.78, 5) is 4.90. The van der Waals surface area contributed by atoms with Crippen LogP contribution >= 0.6 is 15.9 Å². The molecule has 1 aliphatic rings. The second-order valence-electron chi connectivity index (χ2n) is 4.68. The maximum Gasteiger partial charge on any atom is 0.257 e. The molecule has 1 N–H and O–H groups in total. The van der Waals surface area contributed by atoms with E-state index in [0.29, 0.717) is 23.3 Å². The van der Waals surface area contributed by atoms with Crippen molar-refractivity contribution < 1.29 is 13.2 Å². The van der Waals surface area contributed by atoms with Crippen molar-refractivity contribution in [3.63, 3.8) is 0 Å². The van der Waals surface area contributed by atoms with Crippen molar-refractivity contribution in [1.82, 2.24) is 14.7 Å². The van der Waals surface area contributed by atoms with Gasteiger partial charge >= 0.3 is 0 Å². The molecule has 1 saturated heterocycles. The molecule has 0 atom stereocenters. The molecule has 0 saturated carbocycles. The first-order valence-electron chi connectivity index (χ1n) is 6.22. The molecule has 112 valence electrons. The van der Waals surface area contributed by atoms with Gasteiger partial charge in [-0.05, 0) is 25.2 Å². The SMILES string of the molecule is COc1ccc(Br)cc1S(=O)(=O)NN1CCN(C)CC1. The predicted molar refractivity (Wildman–Crippen MR) is 80.1 cm³/mol. The fourth-order valence-corrected chi connectivity index (χ4v) is 3.81. The van der Waals surface area contributed by atoms with Crippen LogP contribution in [0.1, 0.15) is 0 Å². The third kappa shape index (κ3) is 3.70. The van der Waals surface area contributed by atoms with E-state index in [0.717, 1.165) is 13.1 Å². The molecule has 0 unspecified atom stereocenters. The average Bonchev–Trinajstić information content (AvgIpc) is 2.41. The molecule has 20 heavy (non-hydrogen) atoms. The van der Waals surface area contributed by atoms with E-state index in [1.807, 2.05) is 7.05 Å². The Morgan fingerprint density at radius 2 is 1.90 bits per heavy atom. The number of nitrogens with one attached hydrogen (secondary N) is 1. The van der Waals surface area contributed by atoms with Crippen LogP contribution < -0.4 is 9.57 Å². The van der Waals surface area contributed by atoms with Crippen LogP contribution in [0, 0.1) is 0 Å². The Hall–Kier alpha value is -0.670. The summed E-state index contributed by atoms with van der Waals surface area (Å²) in [6, 6.07) is 4.91. The van der Waals surface area contributed by atoms with E-state index in [9.17, 15) is 8.42 Å². The molecule has 1 aromatic rings. The van der Waals surface area contributed by atoms with Crippen LogP contribution in [0.3, 0.4) is 0 Å². The molecule has 1 aliphatic heterocycles. The number of piperazine rings is 1. The lowest BCUT2D eigenvalue weighted by molar-refractivity contribution is 0.134. The first-order valence-corrected chi connectivity index (χ1v) is 8.49. The van der Waals surface area contributed by atoms with Crippen LogP contribution in [0.2, 0.25) is 0 Å². The van der Waals surface area contributed by atoms with Gasteiger partial charge in [0.2, 0.25) is 0 Å². The number of methoxy groups -OCH3 is 1. The van der Waals surface area contributed by atoms with Gasteiger partial charge in [0.25, 0.3) is 10.0 Å². The Morgan fingerprint density at radius 3 is 2.50 bits per heavy atom. The average molecular weight is 364 g/mol. The molecular formula is C12H18BrN3O3S. The van der Waals surface area contributed by atoms with Crippen LogP contribution in [0.5, 0.6) is 5.75 Å². The van der Waals surface area contributed by atoms with Crippen molar-refractivity contribution in [3.05, 3.63) is 22.7 Å². The minimum absolute atomic E-state index is 0.133. The molecule has 1 fully saturated rings. The highest BCUT2D eigenvalue weighted by Crippen LogP contribution is 2.27. The van der Waals surface area contributed by atoms with Crippen LogP contribution in [-0.4, -0.2) is 58.7 Å². The maximum absolute atomic E-state index is 12.4.